The molecule has 0 bridgehead atoms. The van der Waals surface area contributed by atoms with Crippen LogP contribution in [-0.2, 0) is 4.74 Å². The Labute approximate surface area is 99.9 Å². The summed E-state index contributed by atoms with van der Waals surface area (Å²) in [4.78, 5) is 1.21. The molecule has 0 amide bonds. The molecule has 0 radical (unpaired) electrons. The van der Waals surface area contributed by atoms with E-state index in [0.29, 0.717) is 0 Å². The molecule has 84 valence electrons. The molecule has 0 saturated heterocycles. The third-order valence-electron chi connectivity index (χ3n) is 1.85. The van der Waals surface area contributed by atoms with Gasteiger partial charge < -0.3 is 10.1 Å². The van der Waals surface area contributed by atoms with Crippen molar-refractivity contribution in [2.75, 3.05) is 26.8 Å². The summed E-state index contributed by atoms with van der Waals surface area (Å²) in [5.74, 6) is 0. The highest BCUT2D eigenvalue weighted by Gasteiger charge is 1.91. The van der Waals surface area contributed by atoms with Crippen LogP contribution in [0.15, 0.2) is 18.2 Å². The molecule has 4 heteroatoms. The molecule has 2 nitrogen and oxygen atoms in total. The summed E-state index contributed by atoms with van der Waals surface area (Å²) < 4.78 is 5.77. The van der Waals surface area contributed by atoms with E-state index in [1.165, 1.54) is 4.88 Å². The predicted molar refractivity (Wildman–Crippen MR) is 67.7 cm³/mol. The molecule has 0 aliphatic heterocycles. The molecule has 1 aromatic rings. The Bertz CT molecular complexity index is 299. The van der Waals surface area contributed by atoms with Crippen LogP contribution in [0.3, 0.4) is 0 Å². The first kappa shape index (κ1) is 12.7. The second-order valence-electron chi connectivity index (χ2n) is 3.08. The van der Waals surface area contributed by atoms with Gasteiger partial charge in [0.25, 0.3) is 0 Å². The zero-order chi connectivity index (χ0) is 10.9. The van der Waals surface area contributed by atoms with Gasteiger partial charge in [-0.05, 0) is 31.2 Å². The van der Waals surface area contributed by atoms with Gasteiger partial charge in [-0.2, -0.15) is 0 Å². The highest BCUT2D eigenvalue weighted by atomic mass is 35.5. The third kappa shape index (κ3) is 5.95. The first-order valence-corrected chi connectivity index (χ1v) is 6.14. The van der Waals surface area contributed by atoms with Crippen molar-refractivity contribution in [1.29, 1.82) is 0 Å². The van der Waals surface area contributed by atoms with E-state index in [4.69, 9.17) is 16.3 Å². The monoisotopic (exact) mass is 245 g/mol. The zero-order valence-corrected chi connectivity index (χ0v) is 10.4. The van der Waals surface area contributed by atoms with Crippen LogP contribution in [0.2, 0.25) is 4.34 Å². The van der Waals surface area contributed by atoms with Crippen LogP contribution in [0.1, 0.15) is 11.3 Å². The van der Waals surface area contributed by atoms with Crippen molar-refractivity contribution in [3.63, 3.8) is 0 Å². The Morgan fingerprint density at radius 1 is 1.47 bits per heavy atom. The highest BCUT2D eigenvalue weighted by molar-refractivity contribution is 7.16. The number of ether oxygens (including phenoxy) is 1. The molecule has 1 heterocycles. The van der Waals surface area contributed by atoms with Crippen LogP contribution in [0.25, 0.3) is 6.08 Å². The van der Waals surface area contributed by atoms with E-state index < -0.39 is 0 Å². The SMILES string of the molecule is COCCNCCC=Cc1ccc(Cl)s1. The molecule has 1 rings (SSSR count). The maximum absolute atomic E-state index is 5.82. The molecule has 0 aromatic carbocycles. The van der Waals surface area contributed by atoms with Crippen LogP contribution >= 0.6 is 22.9 Å². The summed E-state index contributed by atoms with van der Waals surface area (Å²) in [6.45, 7) is 2.67. The smallest absolute Gasteiger partial charge is 0.0934 e. The van der Waals surface area contributed by atoms with Gasteiger partial charge in [0.05, 0.1) is 10.9 Å². The van der Waals surface area contributed by atoms with E-state index in [0.717, 1.165) is 30.5 Å². The standard InChI is InChI=1S/C11H16ClNOS/c1-14-9-8-13-7-3-2-4-10-5-6-11(12)15-10/h2,4-6,13H,3,7-9H2,1H3. The second-order valence-corrected chi connectivity index (χ2v) is 4.82. The van der Waals surface area contributed by atoms with Crippen LogP contribution < -0.4 is 5.32 Å². The summed E-state index contributed by atoms with van der Waals surface area (Å²) in [5, 5.41) is 3.28. The minimum absolute atomic E-state index is 0.768. The van der Waals surface area contributed by atoms with Crippen LogP contribution in [0.4, 0.5) is 0 Å². The number of methoxy groups -OCH3 is 1. The summed E-state index contributed by atoms with van der Waals surface area (Å²) in [6.07, 6.45) is 5.29. The second kappa shape index (κ2) is 7.88. The normalized spacial score (nSPS) is 11.3. The molecule has 0 aliphatic carbocycles. The maximum atomic E-state index is 5.82. The zero-order valence-electron chi connectivity index (χ0n) is 8.83. The van der Waals surface area contributed by atoms with Crippen LogP contribution in [0, 0.1) is 0 Å². The molecule has 1 aromatic heterocycles. The predicted octanol–water partition coefficient (Wildman–Crippen LogP) is 3.04. The summed E-state index contributed by atoms with van der Waals surface area (Å²) >= 11 is 7.41. The molecule has 1 N–H and O–H groups in total. The lowest BCUT2D eigenvalue weighted by atomic mass is 10.3. The molecule has 0 spiro atoms. The fraction of sp³-hybridized carbons (Fsp3) is 0.455. The van der Waals surface area contributed by atoms with Gasteiger partial charge in [0, 0.05) is 18.5 Å². The Kier molecular flexibility index (Phi) is 6.68. The van der Waals surface area contributed by atoms with E-state index in [9.17, 15) is 0 Å². The molecule has 0 unspecified atom stereocenters. The van der Waals surface area contributed by atoms with Crippen molar-refractivity contribution < 1.29 is 4.74 Å². The fourth-order valence-electron chi connectivity index (χ4n) is 1.10. The highest BCUT2D eigenvalue weighted by Crippen LogP contribution is 2.22. The minimum Gasteiger partial charge on any atom is -0.383 e. The molecule has 0 aliphatic rings. The maximum Gasteiger partial charge on any atom is 0.0934 e. The van der Waals surface area contributed by atoms with E-state index in [2.05, 4.69) is 17.5 Å². The lowest BCUT2D eigenvalue weighted by Crippen LogP contribution is -2.19. The average Bonchev–Trinajstić information content (AvgIpc) is 2.63. The van der Waals surface area contributed by atoms with Crippen molar-refractivity contribution in [3.05, 3.63) is 27.4 Å². The quantitative estimate of drug-likeness (QED) is 0.746. The average molecular weight is 246 g/mol. The minimum atomic E-state index is 0.768. The van der Waals surface area contributed by atoms with Crippen LogP contribution in [-0.4, -0.2) is 26.8 Å². The topological polar surface area (TPSA) is 21.3 Å². The largest absolute Gasteiger partial charge is 0.383 e. The van der Waals surface area contributed by atoms with Gasteiger partial charge in [0.2, 0.25) is 0 Å². The van der Waals surface area contributed by atoms with Crippen molar-refractivity contribution in [2.24, 2.45) is 0 Å². The molecular weight excluding hydrogens is 230 g/mol. The number of rotatable bonds is 7. The van der Waals surface area contributed by atoms with Gasteiger partial charge in [0.15, 0.2) is 0 Å². The first-order valence-electron chi connectivity index (χ1n) is 4.94. The fourth-order valence-corrected chi connectivity index (χ4v) is 2.09. The Morgan fingerprint density at radius 3 is 3.00 bits per heavy atom. The van der Waals surface area contributed by atoms with Gasteiger partial charge in [-0.15, -0.1) is 11.3 Å². The van der Waals surface area contributed by atoms with Gasteiger partial charge in [-0.1, -0.05) is 17.7 Å². The Balaban J connectivity index is 2.07. The molecule has 15 heavy (non-hydrogen) atoms. The van der Waals surface area contributed by atoms with Gasteiger partial charge in [0.1, 0.15) is 0 Å². The first-order chi connectivity index (χ1) is 7.33. The number of hydrogen-bond donors (Lipinski definition) is 1. The molecular formula is C11H16ClNOS. The summed E-state index contributed by atoms with van der Waals surface area (Å²) in [7, 11) is 1.71. The van der Waals surface area contributed by atoms with Gasteiger partial charge >= 0.3 is 0 Å². The number of nitrogens with one attached hydrogen (secondary N) is 1. The van der Waals surface area contributed by atoms with Crippen molar-refractivity contribution in [2.45, 2.75) is 6.42 Å². The number of thiophene rings is 1. The number of hydrogen-bond acceptors (Lipinski definition) is 3. The van der Waals surface area contributed by atoms with Gasteiger partial charge in [-0.3, -0.25) is 0 Å². The summed E-state index contributed by atoms with van der Waals surface area (Å²) in [5.41, 5.74) is 0. The lowest BCUT2D eigenvalue weighted by Gasteiger charge is -2.00. The Morgan fingerprint density at radius 2 is 2.33 bits per heavy atom. The Hall–Kier alpha value is -0.350. The van der Waals surface area contributed by atoms with E-state index in [-0.39, 0.29) is 0 Å². The molecule has 0 saturated carbocycles. The molecule has 0 fully saturated rings. The number of halogens is 1. The van der Waals surface area contributed by atoms with E-state index in [1.807, 2.05) is 12.1 Å². The third-order valence-corrected chi connectivity index (χ3v) is 3.04. The molecule has 0 atom stereocenters. The summed E-state index contributed by atoms with van der Waals surface area (Å²) in [6, 6.07) is 3.95. The van der Waals surface area contributed by atoms with Crippen LogP contribution in [0.5, 0.6) is 0 Å². The lowest BCUT2D eigenvalue weighted by molar-refractivity contribution is 0.199. The van der Waals surface area contributed by atoms with Crippen molar-refractivity contribution >= 4 is 29.0 Å². The van der Waals surface area contributed by atoms with Crippen molar-refractivity contribution in [3.8, 4) is 0 Å². The van der Waals surface area contributed by atoms with E-state index in [1.54, 1.807) is 18.4 Å². The van der Waals surface area contributed by atoms with E-state index >= 15 is 0 Å². The van der Waals surface area contributed by atoms with Gasteiger partial charge in [-0.25, -0.2) is 0 Å². The van der Waals surface area contributed by atoms with Crippen molar-refractivity contribution in [1.82, 2.24) is 5.32 Å².